The van der Waals surface area contributed by atoms with E-state index >= 15 is 0 Å². The van der Waals surface area contributed by atoms with Crippen LogP contribution in [0.1, 0.15) is 0 Å². The summed E-state index contributed by atoms with van der Waals surface area (Å²) in [6, 6.07) is 0. The predicted octanol–water partition coefficient (Wildman–Crippen LogP) is -15.2. The van der Waals surface area contributed by atoms with Crippen molar-refractivity contribution in [1.29, 1.82) is 0 Å². The summed E-state index contributed by atoms with van der Waals surface area (Å²) in [5.41, 5.74) is 0. The molecule has 0 amide bonds. The summed E-state index contributed by atoms with van der Waals surface area (Å²) in [4.78, 5) is 49.5. The molecule has 0 aliphatic heterocycles. The molecule has 1 radical (unpaired) electrons. The van der Waals surface area contributed by atoms with Crippen LogP contribution in [-0.4, -0.2) is 67.0 Å². The fraction of sp³-hybridized carbons (Fsp3) is 0.400. The van der Waals surface area contributed by atoms with Gasteiger partial charge in [0.25, 0.3) is 0 Å². The molecule has 0 aliphatic carbocycles. The number of hydrogen-bond donors (Lipinski definition) is 2. The topological polar surface area (TPSA) is 274 Å². The first-order chi connectivity index (χ1) is 11.3. The maximum atomic E-state index is 8.25. The Labute approximate surface area is 183 Å². The average molecular weight is 441 g/mol. The standard InChI is InChI=1S/2C2H7N.6CH2O2.Fe.Na/c2*1-3-2;6*2-1-3;;/h2*3H,1-2H3;6*1H,(H,2,3);;/q;;;;;;;;+3;+1/p-4. The first-order valence-electron chi connectivity index (χ1n) is 5.14. The fourth-order valence-electron chi connectivity index (χ4n) is 0. The van der Waals surface area contributed by atoms with Gasteiger partial charge in [0.05, 0.1) is 28.2 Å². The van der Waals surface area contributed by atoms with E-state index in [1.54, 1.807) is 0 Å². The second-order valence-electron chi connectivity index (χ2n) is 1.73. The van der Waals surface area contributed by atoms with Gasteiger partial charge in [-0.1, -0.05) is 0 Å². The van der Waals surface area contributed by atoms with E-state index in [-0.39, 0.29) is 46.6 Å². The van der Waals surface area contributed by atoms with Gasteiger partial charge in [0.15, 0.2) is 0 Å². The molecule has 16 heteroatoms. The normalized spacial score (nSPS) is 4.15. The zero-order valence-electron chi connectivity index (χ0n) is 14.9. The molecule has 0 aromatic rings. The molecule has 0 saturated carbocycles. The summed E-state index contributed by atoms with van der Waals surface area (Å²) in [6.45, 7) is -3.00. The molecule has 0 bridgehead atoms. The Kier molecular flexibility index (Phi) is 730. The molecule has 14 nitrogen and oxygen atoms in total. The number of quaternary nitrogens is 2. The van der Waals surface area contributed by atoms with Gasteiger partial charge in [-0.05, 0) is 0 Å². The molecule has 0 rings (SSSR count). The van der Waals surface area contributed by atoms with Gasteiger partial charge in [0, 0.05) is 38.8 Å². The Bertz CT molecular complexity index is 156. The van der Waals surface area contributed by atoms with Crippen LogP contribution in [-0.2, 0) is 45.8 Å². The Morgan fingerprint density at radius 2 is 0.462 bits per heavy atom. The largest absolute Gasteiger partial charge is 3.00 e. The molecule has 0 aliphatic rings. The van der Waals surface area contributed by atoms with Crippen LogP contribution >= 0.6 is 0 Å². The molecule has 0 saturated heterocycles. The molecule has 153 valence electrons. The van der Waals surface area contributed by atoms with Crippen molar-refractivity contribution in [2.24, 2.45) is 0 Å². The SMILES string of the molecule is C[NH2+]C.C[NH2+]C.O=C[O-].O=C[O-].O=C[O-].O=C[O-].O=C[O-].O=C[O-].[Fe+3].[Na+]. The van der Waals surface area contributed by atoms with Crippen molar-refractivity contribution in [2.75, 3.05) is 28.2 Å². The van der Waals surface area contributed by atoms with Crippen molar-refractivity contribution < 1.29 is 117 Å². The Hall–Kier alpha value is -1.74. The number of hydrogen-bond acceptors (Lipinski definition) is 12. The van der Waals surface area contributed by atoms with Crippen LogP contribution in [0.5, 0.6) is 0 Å². The third kappa shape index (κ3) is 3320. The van der Waals surface area contributed by atoms with Crippen LogP contribution < -0.4 is 70.8 Å². The summed E-state index contributed by atoms with van der Waals surface area (Å²) in [6.07, 6.45) is 0. The minimum absolute atomic E-state index is 0. The third-order valence-corrected chi connectivity index (χ3v) is 0. The second kappa shape index (κ2) is 294. The van der Waals surface area contributed by atoms with Crippen molar-refractivity contribution in [1.82, 2.24) is 0 Å². The van der Waals surface area contributed by atoms with Gasteiger partial charge in [0.2, 0.25) is 0 Å². The molecule has 0 atom stereocenters. The van der Waals surface area contributed by atoms with E-state index in [1.165, 1.54) is 0 Å². The quantitative estimate of drug-likeness (QED) is 0.262. The average Bonchev–Trinajstić information content (AvgIpc) is 2.45. The van der Waals surface area contributed by atoms with Crippen molar-refractivity contribution in [3.63, 3.8) is 0 Å². The molecule has 0 aromatic heterocycles. The third-order valence-electron chi connectivity index (χ3n) is 0. The number of carboxylic acid groups (broad SMARTS) is 6. The van der Waals surface area contributed by atoms with Crippen LogP contribution in [0.4, 0.5) is 0 Å². The number of nitrogens with two attached hydrogens (primary N) is 2. The summed E-state index contributed by atoms with van der Waals surface area (Å²) in [5, 5.41) is 53.5. The van der Waals surface area contributed by atoms with E-state index in [9.17, 15) is 0 Å². The molecule has 4 N–H and O–H groups in total. The minimum Gasteiger partial charge on any atom is -0.554 e. The zero-order valence-corrected chi connectivity index (χ0v) is 18.0. The Morgan fingerprint density at radius 3 is 0.462 bits per heavy atom. The monoisotopic (exact) mass is 441 g/mol. The minimum atomic E-state index is -0.500. The summed E-state index contributed by atoms with van der Waals surface area (Å²) < 4.78 is 0. The molecule has 0 heterocycles. The molecular formula is C10H22FeN2NaO12. The van der Waals surface area contributed by atoms with E-state index in [2.05, 4.69) is 0 Å². The van der Waals surface area contributed by atoms with Gasteiger partial charge >= 0.3 is 46.6 Å². The zero-order chi connectivity index (χ0) is 21.7. The second-order valence-corrected chi connectivity index (χ2v) is 1.73. The maximum absolute atomic E-state index is 8.25. The van der Waals surface area contributed by atoms with E-state index < -0.39 is 38.8 Å². The Morgan fingerprint density at radius 1 is 0.462 bits per heavy atom. The number of rotatable bonds is 0. The van der Waals surface area contributed by atoms with E-state index in [1.807, 2.05) is 38.8 Å². The van der Waals surface area contributed by atoms with Crippen molar-refractivity contribution in [3.05, 3.63) is 0 Å². The fourth-order valence-corrected chi connectivity index (χ4v) is 0. The van der Waals surface area contributed by atoms with Gasteiger partial charge in [0.1, 0.15) is 0 Å². The van der Waals surface area contributed by atoms with Crippen molar-refractivity contribution in [3.8, 4) is 0 Å². The van der Waals surface area contributed by atoms with Gasteiger partial charge < -0.3 is 70.0 Å². The van der Waals surface area contributed by atoms with Crippen LogP contribution in [0.15, 0.2) is 0 Å². The van der Waals surface area contributed by atoms with Crippen LogP contribution in [0.2, 0.25) is 0 Å². The van der Waals surface area contributed by atoms with Crippen molar-refractivity contribution in [2.45, 2.75) is 0 Å². The Balaban J connectivity index is -0.0000000139. The molecule has 26 heavy (non-hydrogen) atoms. The van der Waals surface area contributed by atoms with Gasteiger partial charge in [-0.3, -0.25) is 0 Å². The molecular weight excluding hydrogens is 419 g/mol. The van der Waals surface area contributed by atoms with Gasteiger partial charge in [-0.15, -0.1) is 0 Å². The molecule has 0 unspecified atom stereocenters. The van der Waals surface area contributed by atoms with E-state index in [0.717, 1.165) is 0 Å². The van der Waals surface area contributed by atoms with Crippen LogP contribution in [0.25, 0.3) is 0 Å². The van der Waals surface area contributed by atoms with Crippen LogP contribution in [0.3, 0.4) is 0 Å². The summed E-state index contributed by atoms with van der Waals surface area (Å²) in [7, 11) is 8.00. The molecule has 0 spiro atoms. The number of carbonyl (C=O) groups excluding carboxylic acids is 6. The van der Waals surface area contributed by atoms with Gasteiger partial charge in [-0.25, -0.2) is 0 Å². The van der Waals surface area contributed by atoms with Gasteiger partial charge in [-0.2, -0.15) is 0 Å². The predicted molar refractivity (Wildman–Crippen MR) is 63.9 cm³/mol. The van der Waals surface area contributed by atoms with E-state index in [4.69, 9.17) is 59.4 Å². The van der Waals surface area contributed by atoms with Crippen LogP contribution in [0, 0.1) is 0 Å². The molecule has 0 aromatic carbocycles. The summed E-state index contributed by atoms with van der Waals surface area (Å²) >= 11 is 0. The van der Waals surface area contributed by atoms with E-state index in [0.29, 0.717) is 0 Å². The first-order valence-corrected chi connectivity index (χ1v) is 5.14. The smallest absolute Gasteiger partial charge is 0.554 e. The van der Waals surface area contributed by atoms with Crippen molar-refractivity contribution >= 4 is 38.8 Å². The number of carbonyl (C=O) groups is 6. The maximum Gasteiger partial charge on any atom is 3.00 e. The summed E-state index contributed by atoms with van der Waals surface area (Å²) in [5.74, 6) is 0. The first kappa shape index (κ1) is 64.5. The molecule has 0 fully saturated rings.